The fourth-order valence-electron chi connectivity index (χ4n) is 5.65. The molecule has 7 heteroatoms. The number of amides is 2. The van der Waals surface area contributed by atoms with Gasteiger partial charge in [0.25, 0.3) is 0 Å². The van der Waals surface area contributed by atoms with Crippen molar-refractivity contribution in [1.29, 1.82) is 0 Å². The van der Waals surface area contributed by atoms with Gasteiger partial charge in [-0.15, -0.1) is 0 Å². The SMILES string of the molecule is Cc1ccc([C@H]2OC3(C(=O)c4ccccc4C3=O)[C@H]3C(=O)N(c4cccc(Cl)c4C)C(=O)[C@H]23)cc1. The number of anilines is 1. The van der Waals surface area contributed by atoms with Crippen LogP contribution in [0.25, 0.3) is 0 Å². The van der Waals surface area contributed by atoms with Crippen molar-refractivity contribution in [2.75, 3.05) is 4.90 Å². The van der Waals surface area contributed by atoms with Gasteiger partial charge >= 0.3 is 0 Å². The van der Waals surface area contributed by atoms with Gasteiger partial charge in [-0.3, -0.25) is 19.2 Å². The molecule has 3 aromatic carbocycles. The van der Waals surface area contributed by atoms with Gasteiger partial charge in [0.15, 0.2) is 0 Å². The summed E-state index contributed by atoms with van der Waals surface area (Å²) in [5, 5.41) is 0.404. The lowest BCUT2D eigenvalue weighted by Crippen LogP contribution is -2.51. The Balaban J connectivity index is 1.56. The van der Waals surface area contributed by atoms with E-state index in [1.54, 1.807) is 61.5 Å². The Morgan fingerprint density at radius 2 is 1.43 bits per heavy atom. The third kappa shape index (κ3) is 2.75. The minimum absolute atomic E-state index is 0.207. The molecule has 0 aromatic heterocycles. The van der Waals surface area contributed by atoms with Crippen LogP contribution >= 0.6 is 11.6 Å². The first-order valence-electron chi connectivity index (χ1n) is 11.3. The first-order chi connectivity index (χ1) is 16.8. The summed E-state index contributed by atoms with van der Waals surface area (Å²) in [5.41, 5.74) is 0.864. The van der Waals surface area contributed by atoms with E-state index in [0.29, 0.717) is 21.8 Å². The van der Waals surface area contributed by atoms with Gasteiger partial charge in [-0.05, 0) is 37.1 Å². The molecule has 6 rings (SSSR count). The van der Waals surface area contributed by atoms with Crippen molar-refractivity contribution in [2.24, 2.45) is 11.8 Å². The highest BCUT2D eigenvalue weighted by Gasteiger charge is 2.74. The Morgan fingerprint density at radius 3 is 2.06 bits per heavy atom. The second-order valence-corrected chi connectivity index (χ2v) is 9.70. The highest BCUT2D eigenvalue weighted by atomic mass is 35.5. The molecule has 2 heterocycles. The molecule has 3 aliphatic rings. The number of rotatable bonds is 2. The van der Waals surface area contributed by atoms with Gasteiger partial charge in [0.1, 0.15) is 0 Å². The van der Waals surface area contributed by atoms with E-state index in [1.807, 2.05) is 19.1 Å². The van der Waals surface area contributed by atoms with Crippen molar-refractivity contribution in [3.8, 4) is 0 Å². The summed E-state index contributed by atoms with van der Waals surface area (Å²) in [6, 6.07) is 18.8. The molecule has 0 N–H and O–H groups in total. The van der Waals surface area contributed by atoms with Crippen LogP contribution in [0, 0.1) is 25.7 Å². The van der Waals surface area contributed by atoms with E-state index in [0.717, 1.165) is 10.5 Å². The number of ketones is 2. The number of ether oxygens (including phenoxy) is 1. The molecule has 0 radical (unpaired) electrons. The number of benzene rings is 3. The minimum atomic E-state index is -2.09. The lowest BCUT2D eigenvalue weighted by molar-refractivity contribution is -0.127. The number of carbonyl (C=O) groups excluding carboxylic acids is 4. The van der Waals surface area contributed by atoms with Crippen LogP contribution in [0.2, 0.25) is 5.02 Å². The molecule has 2 saturated heterocycles. The monoisotopic (exact) mass is 485 g/mol. The van der Waals surface area contributed by atoms with Crippen LogP contribution < -0.4 is 4.90 Å². The Labute approximate surface area is 206 Å². The van der Waals surface area contributed by atoms with Crippen LogP contribution in [0.3, 0.4) is 0 Å². The van der Waals surface area contributed by atoms with Crippen LogP contribution in [0.5, 0.6) is 0 Å². The van der Waals surface area contributed by atoms with Crippen LogP contribution in [-0.2, 0) is 14.3 Å². The largest absolute Gasteiger partial charge is 0.349 e. The molecular formula is C28H20ClNO5. The standard InChI is InChI=1S/C28H20ClNO5/c1-14-10-12-16(13-11-14)23-21-22(27(34)30(26(21)33)20-9-5-8-19(29)15(20)2)28(35-23)24(31)17-6-3-4-7-18(17)25(28)32/h3-13,21-23H,1-2H3/t21-,22+,23+/m0/s1. The van der Waals surface area contributed by atoms with Gasteiger partial charge in [0.2, 0.25) is 29.0 Å². The highest BCUT2D eigenvalue weighted by molar-refractivity contribution is 6.37. The van der Waals surface area contributed by atoms with Crippen LogP contribution in [-0.4, -0.2) is 29.0 Å². The Bertz CT molecular complexity index is 1430. The summed E-state index contributed by atoms with van der Waals surface area (Å²) in [6.07, 6.45) is -0.941. The summed E-state index contributed by atoms with van der Waals surface area (Å²) in [6.45, 7) is 3.65. The predicted octanol–water partition coefficient (Wildman–Crippen LogP) is 4.65. The summed E-state index contributed by atoms with van der Waals surface area (Å²) < 4.78 is 6.30. The number of hydrogen-bond donors (Lipinski definition) is 0. The summed E-state index contributed by atoms with van der Waals surface area (Å²) in [4.78, 5) is 56.5. The van der Waals surface area contributed by atoms with E-state index in [9.17, 15) is 19.2 Å². The second kappa shape index (κ2) is 7.44. The Hall–Kier alpha value is -3.61. The smallest absolute Gasteiger partial charge is 0.241 e. The number of carbonyl (C=O) groups is 4. The zero-order valence-electron chi connectivity index (χ0n) is 18.9. The van der Waals surface area contributed by atoms with Crippen LogP contribution in [0.4, 0.5) is 5.69 Å². The molecule has 3 aromatic rings. The summed E-state index contributed by atoms with van der Waals surface area (Å²) in [7, 11) is 0. The van der Waals surface area contributed by atoms with E-state index in [4.69, 9.17) is 16.3 Å². The molecular weight excluding hydrogens is 466 g/mol. The zero-order valence-corrected chi connectivity index (χ0v) is 19.7. The molecule has 35 heavy (non-hydrogen) atoms. The normalized spacial score (nSPS) is 24.4. The van der Waals surface area contributed by atoms with E-state index >= 15 is 0 Å². The molecule has 0 bridgehead atoms. The highest BCUT2D eigenvalue weighted by Crippen LogP contribution is 2.58. The molecule has 6 nitrogen and oxygen atoms in total. The summed E-state index contributed by atoms with van der Waals surface area (Å²) >= 11 is 6.29. The first-order valence-corrected chi connectivity index (χ1v) is 11.7. The Kier molecular flexibility index (Phi) is 4.66. The van der Waals surface area contributed by atoms with Crippen molar-refractivity contribution >= 4 is 40.7 Å². The number of nitrogens with zero attached hydrogens (tertiary/aromatic N) is 1. The molecule has 0 saturated carbocycles. The number of aryl methyl sites for hydroxylation is 1. The maximum absolute atomic E-state index is 14.0. The lowest BCUT2D eigenvalue weighted by atomic mass is 9.77. The quantitative estimate of drug-likeness (QED) is 0.390. The molecule has 1 aliphatic carbocycles. The number of hydrogen-bond acceptors (Lipinski definition) is 5. The topological polar surface area (TPSA) is 80.8 Å². The molecule has 2 amide bonds. The molecule has 3 atom stereocenters. The lowest BCUT2D eigenvalue weighted by Gasteiger charge is -2.28. The van der Waals surface area contributed by atoms with Crippen LogP contribution in [0.1, 0.15) is 43.5 Å². The number of imide groups is 1. The van der Waals surface area contributed by atoms with Crippen LogP contribution in [0.15, 0.2) is 66.7 Å². The fraction of sp³-hybridized carbons (Fsp3) is 0.214. The van der Waals surface area contributed by atoms with Crippen molar-refractivity contribution in [3.05, 3.63) is 99.6 Å². The average molecular weight is 486 g/mol. The average Bonchev–Trinajstić information content (AvgIpc) is 3.42. The van der Waals surface area contributed by atoms with E-state index in [2.05, 4.69) is 0 Å². The maximum atomic E-state index is 14.0. The molecule has 1 spiro atoms. The van der Waals surface area contributed by atoms with Gasteiger partial charge in [0, 0.05) is 16.1 Å². The first kappa shape index (κ1) is 21.9. The van der Waals surface area contributed by atoms with Crippen molar-refractivity contribution in [2.45, 2.75) is 25.6 Å². The molecule has 2 fully saturated rings. The summed E-state index contributed by atoms with van der Waals surface area (Å²) in [5.74, 6) is -4.61. The van der Waals surface area contributed by atoms with Crippen molar-refractivity contribution < 1.29 is 23.9 Å². The second-order valence-electron chi connectivity index (χ2n) is 9.29. The van der Waals surface area contributed by atoms with Gasteiger partial charge in [-0.1, -0.05) is 71.8 Å². The Morgan fingerprint density at radius 1 is 0.800 bits per heavy atom. The fourth-order valence-corrected chi connectivity index (χ4v) is 5.82. The van der Waals surface area contributed by atoms with Gasteiger partial charge < -0.3 is 4.74 Å². The minimum Gasteiger partial charge on any atom is -0.349 e. The third-order valence-electron chi connectivity index (χ3n) is 7.40. The van der Waals surface area contributed by atoms with Crippen molar-refractivity contribution in [3.63, 3.8) is 0 Å². The maximum Gasteiger partial charge on any atom is 0.241 e. The van der Waals surface area contributed by atoms with E-state index in [-0.39, 0.29) is 11.1 Å². The van der Waals surface area contributed by atoms with Gasteiger partial charge in [0.05, 0.1) is 23.6 Å². The van der Waals surface area contributed by atoms with Gasteiger partial charge in [-0.2, -0.15) is 0 Å². The molecule has 2 aliphatic heterocycles. The molecule has 0 unspecified atom stereocenters. The van der Waals surface area contributed by atoms with Gasteiger partial charge in [-0.25, -0.2) is 4.90 Å². The number of fused-ring (bicyclic) bond motifs is 3. The predicted molar refractivity (Wildman–Crippen MR) is 129 cm³/mol. The third-order valence-corrected chi connectivity index (χ3v) is 7.81. The van der Waals surface area contributed by atoms with E-state index < -0.39 is 46.9 Å². The zero-order chi connectivity index (χ0) is 24.6. The van der Waals surface area contributed by atoms with Crippen molar-refractivity contribution in [1.82, 2.24) is 0 Å². The molecule has 174 valence electrons. The number of Topliss-reactive ketones (excluding diaryl/α,β-unsaturated/α-hetero) is 2. The number of halogens is 1. The van der Waals surface area contributed by atoms with E-state index in [1.165, 1.54) is 0 Å².